The lowest BCUT2D eigenvalue weighted by Gasteiger charge is -2.11. The summed E-state index contributed by atoms with van der Waals surface area (Å²) in [5.41, 5.74) is 9.98. The highest BCUT2D eigenvalue weighted by Crippen LogP contribution is 2.25. The Morgan fingerprint density at radius 3 is 2.42 bits per heavy atom. The van der Waals surface area contributed by atoms with Crippen LogP contribution < -0.4 is 11.1 Å². The van der Waals surface area contributed by atoms with Gasteiger partial charge in [-0.1, -0.05) is 12.1 Å². The normalized spacial score (nSPS) is 13.8. The maximum absolute atomic E-state index is 5.71. The molecule has 0 fully saturated rings. The lowest BCUT2D eigenvalue weighted by Crippen LogP contribution is -2.12. The van der Waals surface area contributed by atoms with Crippen LogP contribution in [0.3, 0.4) is 0 Å². The van der Waals surface area contributed by atoms with E-state index in [0.29, 0.717) is 6.67 Å². The number of anilines is 1. The molecule has 0 radical (unpaired) electrons. The Balaban J connectivity index is 2.09. The maximum atomic E-state index is 5.71. The molecule has 5 heteroatoms. The number of nitrogen functional groups attached to an aromatic ring is 1. The number of nitrogens with zero attached hydrogens (tertiary/aromatic N) is 3. The monoisotopic (exact) mass is 251 g/mol. The number of hydrogen-bond donors (Lipinski definition) is 2. The van der Waals surface area contributed by atoms with Gasteiger partial charge < -0.3 is 11.1 Å². The van der Waals surface area contributed by atoms with Crippen molar-refractivity contribution in [3.63, 3.8) is 0 Å². The van der Waals surface area contributed by atoms with Crippen molar-refractivity contribution >= 4 is 17.5 Å². The van der Waals surface area contributed by atoms with Gasteiger partial charge in [-0.2, -0.15) is 0 Å². The molecule has 1 aliphatic heterocycles. The van der Waals surface area contributed by atoms with Gasteiger partial charge in [0.25, 0.3) is 0 Å². The van der Waals surface area contributed by atoms with Crippen LogP contribution in [0, 0.1) is 0 Å². The Kier molecular flexibility index (Phi) is 2.94. The van der Waals surface area contributed by atoms with Crippen molar-refractivity contribution in [2.24, 2.45) is 4.99 Å². The lowest BCUT2D eigenvalue weighted by atomic mass is 10.0. The van der Waals surface area contributed by atoms with Crippen LogP contribution in [0.1, 0.15) is 5.69 Å². The van der Waals surface area contributed by atoms with E-state index in [1.165, 1.54) is 0 Å². The van der Waals surface area contributed by atoms with Gasteiger partial charge in [-0.05, 0) is 12.1 Å². The van der Waals surface area contributed by atoms with Crippen LogP contribution in [-0.2, 0) is 0 Å². The largest absolute Gasteiger partial charge is 0.399 e. The Morgan fingerprint density at radius 2 is 1.74 bits per heavy atom. The van der Waals surface area contributed by atoms with E-state index in [4.69, 9.17) is 5.73 Å². The molecule has 0 amide bonds. The molecule has 0 spiro atoms. The molecule has 94 valence electrons. The van der Waals surface area contributed by atoms with Gasteiger partial charge in [0.15, 0.2) is 0 Å². The molecule has 3 rings (SSSR count). The highest BCUT2D eigenvalue weighted by atomic mass is 15.0. The first-order valence-corrected chi connectivity index (χ1v) is 5.95. The number of nitrogens with one attached hydrogen (secondary N) is 1. The quantitative estimate of drug-likeness (QED) is 0.796. The fourth-order valence-electron chi connectivity index (χ4n) is 1.92. The molecule has 0 bridgehead atoms. The fraction of sp³-hybridized carbons (Fsp3) is 0.0714. The predicted octanol–water partition coefficient (Wildman–Crippen LogP) is 1.70. The SMILES string of the molecule is Nc1ccc(-c2nccnc2C2=CNCN=C2)cc1. The Morgan fingerprint density at radius 1 is 1.00 bits per heavy atom. The molecule has 0 saturated heterocycles. The second kappa shape index (κ2) is 4.89. The zero-order valence-corrected chi connectivity index (χ0v) is 10.2. The average molecular weight is 251 g/mol. The smallest absolute Gasteiger partial charge is 0.107 e. The summed E-state index contributed by atoms with van der Waals surface area (Å²) < 4.78 is 0. The second-order valence-electron chi connectivity index (χ2n) is 4.15. The van der Waals surface area contributed by atoms with Crippen LogP contribution in [0.25, 0.3) is 16.8 Å². The molecule has 0 unspecified atom stereocenters. The maximum Gasteiger partial charge on any atom is 0.107 e. The zero-order chi connectivity index (χ0) is 13.1. The summed E-state index contributed by atoms with van der Waals surface area (Å²) in [4.78, 5) is 13.0. The van der Waals surface area contributed by atoms with Gasteiger partial charge in [-0.25, -0.2) is 0 Å². The van der Waals surface area contributed by atoms with E-state index in [9.17, 15) is 0 Å². The highest BCUT2D eigenvalue weighted by Gasteiger charge is 2.12. The summed E-state index contributed by atoms with van der Waals surface area (Å²) in [6.07, 6.45) is 7.07. The number of aliphatic imine (C=N–C) groups is 1. The molecule has 1 aromatic heterocycles. The summed E-state index contributed by atoms with van der Waals surface area (Å²) in [6.45, 7) is 0.598. The van der Waals surface area contributed by atoms with E-state index >= 15 is 0 Å². The molecular weight excluding hydrogens is 238 g/mol. The third kappa shape index (κ3) is 2.30. The summed E-state index contributed by atoms with van der Waals surface area (Å²) in [6, 6.07) is 7.60. The summed E-state index contributed by atoms with van der Waals surface area (Å²) >= 11 is 0. The third-order valence-corrected chi connectivity index (χ3v) is 2.83. The Labute approximate surface area is 110 Å². The van der Waals surface area contributed by atoms with Crippen LogP contribution in [0.2, 0.25) is 0 Å². The van der Waals surface area contributed by atoms with E-state index < -0.39 is 0 Å². The van der Waals surface area contributed by atoms with Gasteiger partial charge in [0.1, 0.15) is 6.67 Å². The molecule has 0 saturated carbocycles. The minimum absolute atomic E-state index is 0.598. The predicted molar refractivity (Wildman–Crippen MR) is 76.4 cm³/mol. The van der Waals surface area contributed by atoms with Gasteiger partial charge in [-0.15, -0.1) is 0 Å². The summed E-state index contributed by atoms with van der Waals surface area (Å²) in [5, 5.41) is 3.07. The van der Waals surface area contributed by atoms with E-state index in [1.807, 2.05) is 30.5 Å². The van der Waals surface area contributed by atoms with Gasteiger partial charge in [0.05, 0.1) is 11.4 Å². The second-order valence-corrected chi connectivity index (χ2v) is 4.15. The van der Waals surface area contributed by atoms with Crippen molar-refractivity contribution < 1.29 is 0 Å². The Bertz CT molecular complexity index is 643. The molecule has 0 atom stereocenters. The van der Waals surface area contributed by atoms with Gasteiger partial charge >= 0.3 is 0 Å². The van der Waals surface area contributed by atoms with Crippen LogP contribution in [0.5, 0.6) is 0 Å². The topological polar surface area (TPSA) is 76.2 Å². The minimum atomic E-state index is 0.598. The summed E-state index contributed by atoms with van der Waals surface area (Å²) in [7, 11) is 0. The van der Waals surface area contributed by atoms with E-state index in [1.54, 1.807) is 18.6 Å². The van der Waals surface area contributed by atoms with Crippen LogP contribution in [-0.4, -0.2) is 22.9 Å². The number of benzene rings is 1. The van der Waals surface area contributed by atoms with Gasteiger partial charge in [0.2, 0.25) is 0 Å². The van der Waals surface area contributed by atoms with Gasteiger partial charge in [-0.3, -0.25) is 15.0 Å². The first-order valence-electron chi connectivity index (χ1n) is 5.95. The van der Waals surface area contributed by atoms with Crippen LogP contribution in [0.4, 0.5) is 5.69 Å². The molecular formula is C14H13N5. The first kappa shape index (κ1) is 11.4. The molecule has 19 heavy (non-hydrogen) atoms. The third-order valence-electron chi connectivity index (χ3n) is 2.83. The van der Waals surface area contributed by atoms with Crippen molar-refractivity contribution in [1.82, 2.24) is 15.3 Å². The molecule has 3 N–H and O–H groups in total. The molecule has 1 aliphatic rings. The number of allylic oxidation sites excluding steroid dienone is 1. The lowest BCUT2D eigenvalue weighted by molar-refractivity contribution is 0.881. The summed E-state index contributed by atoms with van der Waals surface area (Å²) in [5.74, 6) is 0. The van der Waals surface area contributed by atoms with Crippen molar-refractivity contribution in [1.29, 1.82) is 0 Å². The first-order chi connectivity index (χ1) is 9.34. The van der Waals surface area contributed by atoms with Crippen molar-refractivity contribution in [2.75, 3.05) is 12.4 Å². The van der Waals surface area contributed by atoms with E-state index in [-0.39, 0.29) is 0 Å². The number of hydrogen-bond acceptors (Lipinski definition) is 5. The van der Waals surface area contributed by atoms with E-state index in [0.717, 1.165) is 28.2 Å². The highest BCUT2D eigenvalue weighted by molar-refractivity contribution is 6.11. The number of nitrogens with two attached hydrogens (primary N) is 1. The van der Waals surface area contributed by atoms with Crippen molar-refractivity contribution in [2.45, 2.75) is 0 Å². The van der Waals surface area contributed by atoms with Crippen LogP contribution >= 0.6 is 0 Å². The van der Waals surface area contributed by atoms with Crippen molar-refractivity contribution in [3.8, 4) is 11.3 Å². The van der Waals surface area contributed by atoms with E-state index in [2.05, 4.69) is 20.3 Å². The fourth-order valence-corrected chi connectivity index (χ4v) is 1.92. The number of rotatable bonds is 2. The molecule has 5 nitrogen and oxygen atoms in total. The molecule has 0 aliphatic carbocycles. The average Bonchev–Trinajstić information content (AvgIpc) is 2.49. The zero-order valence-electron chi connectivity index (χ0n) is 10.2. The number of aromatic nitrogens is 2. The standard InChI is InChI=1S/C14H13N5/c15-12-3-1-10(2-4-12)13-14(19-6-5-18-13)11-7-16-9-17-8-11/h1-8,16H,9,15H2. The van der Waals surface area contributed by atoms with Gasteiger partial charge in [0, 0.05) is 41.6 Å². The molecule has 2 aromatic rings. The minimum Gasteiger partial charge on any atom is -0.399 e. The van der Waals surface area contributed by atoms with Crippen molar-refractivity contribution in [3.05, 3.63) is 48.6 Å². The van der Waals surface area contributed by atoms with Crippen LogP contribution in [0.15, 0.2) is 47.9 Å². The Hall–Kier alpha value is -2.69. The molecule has 1 aromatic carbocycles. The molecule has 2 heterocycles.